The zero-order valence-electron chi connectivity index (χ0n) is 16.6. The van der Waals surface area contributed by atoms with Gasteiger partial charge in [0.2, 0.25) is 0 Å². The highest BCUT2D eigenvalue weighted by atomic mass is 32.1. The average Bonchev–Trinajstić information content (AvgIpc) is 2.96. The number of carbonyl (C=O) groups is 2. The Kier molecular flexibility index (Phi) is 14.7. The van der Waals surface area contributed by atoms with E-state index in [0.717, 1.165) is 18.6 Å². The summed E-state index contributed by atoms with van der Waals surface area (Å²) in [6.07, 6.45) is 23.7. The van der Waals surface area contributed by atoms with Crippen LogP contribution >= 0.6 is 12.6 Å². The first kappa shape index (κ1) is 23.3. The number of nitrogens with zero attached hydrogens (tertiary/aromatic N) is 1. The van der Waals surface area contributed by atoms with E-state index in [1.807, 2.05) is 0 Å². The Bertz CT molecular complexity index is 391. The van der Waals surface area contributed by atoms with Crippen molar-refractivity contribution in [2.45, 2.75) is 103 Å². The number of hydrogen-bond acceptors (Lipinski definition) is 2. The van der Waals surface area contributed by atoms with Crippen LogP contribution < -0.4 is 0 Å². The molecule has 0 aliphatic carbocycles. The standard InChI is InChI=1S/C22H38NO2S/c24-21-17-18-22(25)23(21)19-15-13-11-9-7-5-3-1-2-4-6-8-10-12-14-16-20-26/h17-18H,1-16,19-20H2. The van der Waals surface area contributed by atoms with Gasteiger partial charge in [0.05, 0.1) is 0 Å². The molecule has 0 saturated heterocycles. The summed E-state index contributed by atoms with van der Waals surface area (Å²) in [5, 5.41) is 0. The van der Waals surface area contributed by atoms with Crippen LogP contribution in [0.25, 0.3) is 0 Å². The molecule has 3 nitrogen and oxygen atoms in total. The van der Waals surface area contributed by atoms with Crippen molar-refractivity contribution in [1.82, 2.24) is 4.90 Å². The Balaban J connectivity index is 1.72. The number of carbonyl (C=O) groups excluding carboxylic acids is 2. The minimum atomic E-state index is -0.151. The maximum absolute atomic E-state index is 11.4. The smallest absolute Gasteiger partial charge is 0.253 e. The molecule has 0 N–H and O–H groups in total. The Morgan fingerprint density at radius 2 is 0.846 bits per heavy atom. The molecule has 0 aromatic carbocycles. The van der Waals surface area contributed by atoms with Gasteiger partial charge in [0.1, 0.15) is 0 Å². The molecule has 0 fully saturated rings. The molecule has 26 heavy (non-hydrogen) atoms. The van der Waals surface area contributed by atoms with Gasteiger partial charge in [-0.05, 0) is 12.8 Å². The lowest BCUT2D eigenvalue weighted by Crippen LogP contribution is -2.30. The minimum absolute atomic E-state index is 0.151. The molecule has 1 rings (SSSR count). The topological polar surface area (TPSA) is 37.4 Å². The second-order valence-corrected chi connectivity index (χ2v) is 7.93. The van der Waals surface area contributed by atoms with Crippen LogP contribution in [-0.2, 0) is 9.59 Å². The molecule has 0 spiro atoms. The van der Waals surface area contributed by atoms with Crippen LogP contribution in [-0.4, -0.2) is 29.0 Å². The summed E-state index contributed by atoms with van der Waals surface area (Å²) in [4.78, 5) is 24.2. The highest BCUT2D eigenvalue weighted by molar-refractivity contribution is 7.80. The normalized spacial score (nSPS) is 14.0. The molecule has 0 unspecified atom stereocenters. The SMILES string of the molecule is O=C1C=CC(=O)N1CCCCCCCCCCCCCCCCCC[S]. The van der Waals surface area contributed by atoms with E-state index in [0.29, 0.717) is 6.54 Å². The Labute approximate surface area is 166 Å². The first-order valence-electron chi connectivity index (χ1n) is 10.9. The molecule has 1 aliphatic heterocycles. The number of amides is 2. The van der Waals surface area contributed by atoms with Crippen molar-refractivity contribution in [3.8, 4) is 0 Å². The molecule has 0 bridgehead atoms. The second kappa shape index (κ2) is 16.4. The third kappa shape index (κ3) is 11.8. The van der Waals surface area contributed by atoms with Gasteiger partial charge in [0.25, 0.3) is 11.8 Å². The molecule has 1 radical (unpaired) electrons. The second-order valence-electron chi connectivity index (χ2n) is 7.52. The van der Waals surface area contributed by atoms with Crippen LogP contribution in [0, 0.1) is 0 Å². The summed E-state index contributed by atoms with van der Waals surface area (Å²) < 4.78 is 0. The highest BCUT2D eigenvalue weighted by Crippen LogP contribution is 2.14. The molecule has 2 amide bonds. The lowest BCUT2D eigenvalue weighted by Gasteiger charge is -2.12. The summed E-state index contributed by atoms with van der Waals surface area (Å²) in [6.45, 7) is 0.582. The molecule has 149 valence electrons. The van der Waals surface area contributed by atoms with E-state index in [1.165, 1.54) is 107 Å². The predicted molar refractivity (Wildman–Crippen MR) is 112 cm³/mol. The van der Waals surface area contributed by atoms with Crippen LogP contribution in [0.2, 0.25) is 0 Å². The molecule has 0 atom stereocenters. The van der Waals surface area contributed by atoms with E-state index in [-0.39, 0.29) is 11.8 Å². The maximum atomic E-state index is 11.4. The third-order valence-electron chi connectivity index (χ3n) is 5.18. The zero-order chi connectivity index (χ0) is 18.9. The number of unbranched alkanes of at least 4 members (excludes halogenated alkanes) is 15. The first-order valence-corrected chi connectivity index (χ1v) is 11.4. The zero-order valence-corrected chi connectivity index (χ0v) is 17.4. The van der Waals surface area contributed by atoms with Gasteiger partial charge < -0.3 is 0 Å². The van der Waals surface area contributed by atoms with Crippen LogP contribution in [0.15, 0.2) is 12.2 Å². The summed E-state index contributed by atoms with van der Waals surface area (Å²) in [5.41, 5.74) is 0. The minimum Gasteiger partial charge on any atom is -0.275 e. The van der Waals surface area contributed by atoms with Gasteiger partial charge in [-0.2, -0.15) is 0 Å². The summed E-state index contributed by atoms with van der Waals surface area (Å²) in [6, 6.07) is 0. The molecule has 0 aromatic heterocycles. The van der Waals surface area contributed by atoms with E-state index in [2.05, 4.69) is 0 Å². The third-order valence-corrected chi connectivity index (χ3v) is 5.47. The fourth-order valence-electron chi connectivity index (χ4n) is 3.50. The summed E-state index contributed by atoms with van der Waals surface area (Å²) in [7, 11) is 0. The van der Waals surface area contributed by atoms with E-state index in [1.54, 1.807) is 0 Å². The fraction of sp³-hybridized carbons (Fsp3) is 0.818. The van der Waals surface area contributed by atoms with E-state index >= 15 is 0 Å². The van der Waals surface area contributed by atoms with E-state index in [9.17, 15) is 9.59 Å². The predicted octanol–water partition coefficient (Wildman–Crippen LogP) is 6.35. The fourth-order valence-corrected chi connectivity index (χ4v) is 3.70. The number of rotatable bonds is 18. The van der Waals surface area contributed by atoms with Gasteiger partial charge in [-0.1, -0.05) is 103 Å². The lowest BCUT2D eigenvalue weighted by atomic mass is 10.0. The van der Waals surface area contributed by atoms with E-state index < -0.39 is 0 Å². The van der Waals surface area contributed by atoms with Crippen molar-refractivity contribution in [2.75, 3.05) is 12.3 Å². The van der Waals surface area contributed by atoms with Crippen molar-refractivity contribution in [3.63, 3.8) is 0 Å². The highest BCUT2D eigenvalue weighted by Gasteiger charge is 2.21. The van der Waals surface area contributed by atoms with Gasteiger partial charge >= 0.3 is 0 Å². The molecular weight excluding hydrogens is 342 g/mol. The molecule has 4 heteroatoms. The Morgan fingerprint density at radius 3 is 1.19 bits per heavy atom. The molecular formula is C22H38NO2S. The quantitative estimate of drug-likeness (QED) is 0.205. The number of imide groups is 1. The molecule has 1 aliphatic rings. The Morgan fingerprint density at radius 1 is 0.538 bits per heavy atom. The van der Waals surface area contributed by atoms with E-state index in [4.69, 9.17) is 12.6 Å². The van der Waals surface area contributed by atoms with Crippen molar-refractivity contribution in [2.24, 2.45) is 0 Å². The molecule has 0 saturated carbocycles. The van der Waals surface area contributed by atoms with Gasteiger partial charge in [-0.25, -0.2) is 0 Å². The Hall–Kier alpha value is -0.770. The summed E-state index contributed by atoms with van der Waals surface area (Å²) >= 11 is 4.96. The largest absolute Gasteiger partial charge is 0.275 e. The van der Waals surface area contributed by atoms with Crippen LogP contribution in [0.4, 0.5) is 0 Å². The molecule has 0 aromatic rings. The molecule has 1 heterocycles. The van der Waals surface area contributed by atoms with Gasteiger partial charge in [0, 0.05) is 24.4 Å². The first-order chi connectivity index (χ1) is 12.8. The monoisotopic (exact) mass is 380 g/mol. The lowest BCUT2D eigenvalue weighted by molar-refractivity contribution is -0.136. The van der Waals surface area contributed by atoms with Crippen LogP contribution in [0.5, 0.6) is 0 Å². The average molecular weight is 381 g/mol. The van der Waals surface area contributed by atoms with Crippen molar-refractivity contribution in [3.05, 3.63) is 12.2 Å². The van der Waals surface area contributed by atoms with Crippen LogP contribution in [0.3, 0.4) is 0 Å². The maximum Gasteiger partial charge on any atom is 0.253 e. The van der Waals surface area contributed by atoms with Gasteiger partial charge in [0.15, 0.2) is 0 Å². The summed E-state index contributed by atoms with van der Waals surface area (Å²) in [5.74, 6) is 0.628. The van der Waals surface area contributed by atoms with Crippen molar-refractivity contribution < 1.29 is 9.59 Å². The van der Waals surface area contributed by atoms with Crippen molar-refractivity contribution in [1.29, 1.82) is 0 Å². The van der Waals surface area contributed by atoms with Gasteiger partial charge in [-0.15, -0.1) is 0 Å². The van der Waals surface area contributed by atoms with Gasteiger partial charge in [-0.3, -0.25) is 14.5 Å². The number of hydrogen-bond donors (Lipinski definition) is 0. The van der Waals surface area contributed by atoms with Crippen LogP contribution in [0.1, 0.15) is 103 Å². The van der Waals surface area contributed by atoms with Crippen molar-refractivity contribution >= 4 is 24.4 Å².